The molecule has 4 unspecified atom stereocenters. The molecule has 0 aromatic carbocycles. The summed E-state index contributed by atoms with van der Waals surface area (Å²) in [6.45, 7) is 0.327. The lowest BCUT2D eigenvalue weighted by molar-refractivity contribution is -0.351. The summed E-state index contributed by atoms with van der Waals surface area (Å²) >= 11 is 0. The Kier molecular flexibility index (Phi) is 4.13. The monoisotopic (exact) mass is 252 g/mol. The van der Waals surface area contributed by atoms with Crippen LogP contribution in [0.15, 0.2) is 0 Å². The van der Waals surface area contributed by atoms with Crippen molar-refractivity contribution in [3.05, 3.63) is 0 Å². The maximum atomic E-state index is 9.89. The van der Waals surface area contributed by atoms with Crippen LogP contribution in [0.1, 0.15) is 0 Å². The van der Waals surface area contributed by atoms with Crippen LogP contribution in [0.25, 0.3) is 0 Å². The molecule has 2 aliphatic rings. The minimum atomic E-state index is -1.10. The lowest BCUT2D eigenvalue weighted by Crippen LogP contribution is -2.63. The Morgan fingerprint density at radius 1 is 1.31 bits per heavy atom. The smallest absolute Gasteiger partial charge is 0.186 e. The molecule has 0 saturated carbocycles. The van der Waals surface area contributed by atoms with Crippen molar-refractivity contribution in [3.63, 3.8) is 0 Å². The summed E-state index contributed by atoms with van der Waals surface area (Å²) in [6, 6.07) is 0. The fraction of sp³-hybridized carbons (Fsp3) is 1.00. The Balaban J connectivity index is 2.05. The van der Waals surface area contributed by atoms with Crippen LogP contribution in [0.4, 0.5) is 0 Å². The van der Waals surface area contributed by atoms with Gasteiger partial charge in [0, 0.05) is 13.3 Å². The molecule has 2 N–H and O–H groups in total. The molecule has 0 bridgehead atoms. The Morgan fingerprint density at radius 3 is 2.69 bits per heavy atom. The second kappa shape index (κ2) is 5.23. The maximum absolute atomic E-state index is 9.89. The number of rotatable bonds is 2. The normalized spacial score (nSPS) is 48.8. The number of ether oxygens (including phenoxy) is 4. The topological polar surface area (TPSA) is 77.4 Å². The first kappa shape index (κ1) is 12.6. The molecule has 0 aromatic heterocycles. The molecule has 0 amide bonds. The zero-order chi connectivity index (χ0) is 11.7. The molecule has 2 aliphatic heterocycles. The molecule has 2 rings (SSSR count). The van der Waals surface area contributed by atoms with Gasteiger partial charge in [0.1, 0.15) is 24.4 Å². The molecule has 94 valence electrons. The van der Waals surface area contributed by atoms with Gasteiger partial charge in [-0.25, -0.2) is 0 Å². The van der Waals surface area contributed by atoms with E-state index in [1.807, 2.05) is 0 Å². The third-order valence-electron chi connectivity index (χ3n) is 2.82. The molecule has 6 nitrogen and oxygen atoms in total. The van der Waals surface area contributed by atoms with Crippen molar-refractivity contribution in [3.8, 4) is 0 Å². The highest BCUT2D eigenvalue weighted by Gasteiger charge is 2.48. The summed E-state index contributed by atoms with van der Waals surface area (Å²) < 4.78 is 21.2. The summed E-state index contributed by atoms with van der Waals surface area (Å²) in [4.78, 5) is 0. The van der Waals surface area contributed by atoms with Gasteiger partial charge in [-0.3, -0.25) is 0 Å². The fourth-order valence-electron chi connectivity index (χ4n) is 1.94. The van der Waals surface area contributed by atoms with E-state index >= 15 is 0 Å². The van der Waals surface area contributed by atoms with E-state index in [1.165, 1.54) is 7.11 Å². The average molecular weight is 252 g/mol. The van der Waals surface area contributed by atoms with Crippen molar-refractivity contribution in [2.45, 2.75) is 37.0 Å². The molecule has 0 radical (unpaired) electrons. The van der Waals surface area contributed by atoms with Crippen LogP contribution in [0.5, 0.6) is 0 Å². The van der Waals surface area contributed by atoms with Gasteiger partial charge in [0.05, 0.1) is 6.61 Å². The maximum Gasteiger partial charge on any atom is 0.186 e. The lowest BCUT2D eigenvalue weighted by atomic mass is 9.98. The number of methoxy groups -OCH3 is 1. The highest BCUT2D eigenvalue weighted by molar-refractivity contribution is 7.16. The molecule has 7 heteroatoms. The van der Waals surface area contributed by atoms with E-state index in [2.05, 4.69) is 9.24 Å². The van der Waals surface area contributed by atoms with Gasteiger partial charge in [-0.1, -0.05) is 0 Å². The van der Waals surface area contributed by atoms with E-state index in [0.717, 1.165) is 0 Å². The van der Waals surface area contributed by atoms with Gasteiger partial charge in [-0.15, -0.1) is 9.24 Å². The third kappa shape index (κ3) is 2.24. The van der Waals surface area contributed by atoms with E-state index in [4.69, 9.17) is 18.9 Å². The van der Waals surface area contributed by atoms with Crippen LogP contribution >= 0.6 is 9.24 Å². The lowest BCUT2D eigenvalue weighted by Gasteiger charge is -2.45. The van der Waals surface area contributed by atoms with Crippen LogP contribution in [0.3, 0.4) is 0 Å². The quantitative estimate of drug-likeness (QED) is 0.595. The number of fused-ring (bicyclic) bond motifs is 1. The summed E-state index contributed by atoms with van der Waals surface area (Å²) in [6.07, 6.45) is -3.70. The summed E-state index contributed by atoms with van der Waals surface area (Å²) in [5.74, 6) is 0. The second-order valence-electron chi connectivity index (χ2n) is 3.86. The predicted molar refractivity (Wildman–Crippen MR) is 56.9 cm³/mol. The Morgan fingerprint density at radius 2 is 2.06 bits per heavy atom. The van der Waals surface area contributed by atoms with E-state index in [0.29, 0.717) is 12.8 Å². The van der Waals surface area contributed by atoms with E-state index in [9.17, 15) is 10.2 Å². The summed E-state index contributed by atoms with van der Waals surface area (Å²) in [7, 11) is 3.92. The minimum absolute atomic E-state index is 0.327. The minimum Gasteiger partial charge on any atom is -0.387 e. The molecular weight excluding hydrogens is 235 g/mol. The largest absolute Gasteiger partial charge is 0.387 e. The van der Waals surface area contributed by atoms with E-state index < -0.39 is 30.7 Å². The third-order valence-corrected chi connectivity index (χ3v) is 3.21. The SMILES string of the molecule is CO[C@H]1OC2COC(CP)O[C@H]2[C@H](O)C1O. The Bertz CT molecular complexity index is 238. The van der Waals surface area contributed by atoms with Gasteiger partial charge in [-0.2, -0.15) is 0 Å². The highest BCUT2D eigenvalue weighted by atomic mass is 31.0. The van der Waals surface area contributed by atoms with Gasteiger partial charge in [0.25, 0.3) is 0 Å². The molecule has 2 fully saturated rings. The highest BCUT2D eigenvalue weighted by Crippen LogP contribution is 2.28. The van der Waals surface area contributed by atoms with E-state index in [-0.39, 0.29) is 6.29 Å². The van der Waals surface area contributed by atoms with Crippen LogP contribution in [-0.4, -0.2) is 67.1 Å². The molecule has 16 heavy (non-hydrogen) atoms. The first-order chi connectivity index (χ1) is 7.67. The van der Waals surface area contributed by atoms with Crippen molar-refractivity contribution >= 4 is 9.24 Å². The van der Waals surface area contributed by atoms with Crippen LogP contribution in [0.2, 0.25) is 0 Å². The van der Waals surface area contributed by atoms with Crippen LogP contribution < -0.4 is 0 Å². The van der Waals surface area contributed by atoms with Gasteiger partial charge in [-0.05, 0) is 0 Å². The molecule has 2 saturated heterocycles. The van der Waals surface area contributed by atoms with Crippen LogP contribution in [-0.2, 0) is 18.9 Å². The molecule has 7 atom stereocenters. The van der Waals surface area contributed by atoms with Crippen molar-refractivity contribution < 1.29 is 29.2 Å². The Labute approximate surface area is 96.0 Å². The van der Waals surface area contributed by atoms with Gasteiger partial charge in [0.15, 0.2) is 12.6 Å². The van der Waals surface area contributed by atoms with Gasteiger partial charge >= 0.3 is 0 Å². The van der Waals surface area contributed by atoms with Crippen molar-refractivity contribution in [2.75, 3.05) is 19.9 Å². The molecular formula is C9H17O6P. The predicted octanol–water partition coefficient (Wildman–Crippen LogP) is -1.30. The second-order valence-corrected chi connectivity index (χ2v) is 4.33. The standard InChI is InChI=1S/C9H17O6P/c1-12-9-7(11)6(10)8-4(14-9)2-13-5(3-16)15-8/h4-11H,2-3,16H2,1H3/t4?,5?,6-,7?,8-,9+/m1/s1. The van der Waals surface area contributed by atoms with Crippen LogP contribution in [0, 0.1) is 0 Å². The average Bonchev–Trinajstić information content (AvgIpc) is 2.33. The fourth-order valence-corrected chi connectivity index (χ4v) is 2.19. The molecule has 2 heterocycles. The summed E-state index contributed by atoms with van der Waals surface area (Å²) in [5, 5.41) is 19.6. The molecule has 0 aromatic rings. The number of aliphatic hydroxyl groups is 2. The number of hydrogen-bond donors (Lipinski definition) is 2. The number of aliphatic hydroxyl groups excluding tert-OH is 2. The molecule has 0 aliphatic carbocycles. The first-order valence-electron chi connectivity index (χ1n) is 5.19. The van der Waals surface area contributed by atoms with Gasteiger partial charge < -0.3 is 29.2 Å². The molecule has 0 spiro atoms. The zero-order valence-electron chi connectivity index (χ0n) is 8.98. The van der Waals surface area contributed by atoms with Crippen molar-refractivity contribution in [1.82, 2.24) is 0 Å². The number of hydrogen-bond acceptors (Lipinski definition) is 6. The van der Waals surface area contributed by atoms with Crippen molar-refractivity contribution in [2.24, 2.45) is 0 Å². The van der Waals surface area contributed by atoms with E-state index in [1.54, 1.807) is 0 Å². The first-order valence-corrected chi connectivity index (χ1v) is 6.00. The zero-order valence-corrected chi connectivity index (χ0v) is 10.1. The van der Waals surface area contributed by atoms with Crippen molar-refractivity contribution in [1.29, 1.82) is 0 Å². The van der Waals surface area contributed by atoms with Gasteiger partial charge in [0.2, 0.25) is 0 Å². The summed E-state index contributed by atoms with van der Waals surface area (Å²) in [5.41, 5.74) is 0. The Hall–Kier alpha value is 0.190.